The first-order chi connectivity index (χ1) is 21.2. The monoisotopic (exact) mass is 597 g/mol. The second-order valence-corrected chi connectivity index (χ2v) is 11.0. The van der Waals surface area contributed by atoms with Crippen LogP contribution in [0.4, 0.5) is 0 Å². The Hall–Kier alpha value is -5.05. The molecule has 44 heavy (non-hydrogen) atoms. The molecule has 0 N–H and O–H groups in total. The third kappa shape index (κ3) is 4.69. The molecule has 0 unspecified atom stereocenters. The van der Waals surface area contributed by atoms with Gasteiger partial charge in [0.25, 0.3) is 0 Å². The number of benzene rings is 3. The van der Waals surface area contributed by atoms with Crippen molar-refractivity contribution in [2.45, 2.75) is 39.9 Å². The largest absolute Gasteiger partial charge is 0.493 e. The van der Waals surface area contributed by atoms with Gasteiger partial charge in [0.2, 0.25) is 0 Å². The van der Waals surface area contributed by atoms with E-state index < -0.39 is 5.63 Å². The Morgan fingerprint density at radius 3 is 1.84 bits per heavy atom. The summed E-state index contributed by atoms with van der Waals surface area (Å²) in [6, 6.07) is 15.2. The van der Waals surface area contributed by atoms with Crippen molar-refractivity contribution >= 4 is 38.2 Å². The van der Waals surface area contributed by atoms with Crippen LogP contribution in [-0.4, -0.2) is 45.0 Å². The van der Waals surface area contributed by atoms with Gasteiger partial charge < -0.3 is 37.2 Å². The average Bonchev–Trinajstić information content (AvgIpc) is 3.36. The zero-order valence-corrected chi connectivity index (χ0v) is 26.1. The lowest BCUT2D eigenvalue weighted by atomic mass is 9.98. The molecular formula is C35H35NO8. The number of fused-ring (bicyclic) bond motifs is 7. The Morgan fingerprint density at radius 2 is 1.23 bits per heavy atom. The summed E-state index contributed by atoms with van der Waals surface area (Å²) < 4.78 is 42.7. The predicted molar refractivity (Wildman–Crippen MR) is 172 cm³/mol. The van der Waals surface area contributed by atoms with Crippen LogP contribution in [0.5, 0.6) is 34.5 Å². The van der Waals surface area contributed by atoms with Crippen molar-refractivity contribution in [1.29, 1.82) is 0 Å². The normalized spacial score (nSPS) is 11.7. The molecule has 6 rings (SSSR count). The lowest BCUT2D eigenvalue weighted by Crippen LogP contribution is -2.07. The highest BCUT2D eigenvalue weighted by Gasteiger charge is 2.25. The Kier molecular flexibility index (Phi) is 7.41. The molecule has 0 aliphatic heterocycles. The van der Waals surface area contributed by atoms with E-state index in [1.54, 1.807) is 34.5 Å². The molecule has 0 amide bonds. The second-order valence-electron chi connectivity index (χ2n) is 11.0. The molecule has 6 aromatic rings. The summed E-state index contributed by atoms with van der Waals surface area (Å²) in [5, 5.41) is 3.17. The summed E-state index contributed by atoms with van der Waals surface area (Å²) >= 11 is 0. The minimum Gasteiger partial charge on any atom is -0.493 e. The first kappa shape index (κ1) is 29.0. The highest BCUT2D eigenvalue weighted by Crippen LogP contribution is 2.46. The fraction of sp³-hybridized carbons (Fsp3) is 0.286. The van der Waals surface area contributed by atoms with Gasteiger partial charge in [-0.15, -0.1) is 0 Å². The maximum Gasteiger partial charge on any atom is 0.361 e. The standard InChI is InChI=1S/C35H35NO8/c1-18(2)42-29-13-20-11-12-36-33(22(20)15-27(29)40-7)31(21-9-10-24(38-5)26(14-21)39-6)32-23-16-28(41-8)30(43-19(3)4)17-25(23)44-35(37)34(32)36/h9-19H,1-8H3. The fourth-order valence-corrected chi connectivity index (χ4v) is 5.79. The number of aromatic nitrogens is 1. The Balaban J connectivity index is 1.84. The van der Waals surface area contributed by atoms with Gasteiger partial charge in [0, 0.05) is 34.0 Å². The molecule has 0 bridgehead atoms. The third-order valence-corrected chi connectivity index (χ3v) is 7.53. The number of methoxy groups -OCH3 is 4. The molecule has 0 saturated heterocycles. The van der Waals surface area contributed by atoms with Crippen LogP contribution in [0.25, 0.3) is 49.3 Å². The Bertz CT molecular complexity index is 2100. The molecule has 0 aliphatic rings. The third-order valence-electron chi connectivity index (χ3n) is 7.53. The summed E-state index contributed by atoms with van der Waals surface area (Å²) in [5.41, 5.74) is 2.70. The number of hydrogen-bond acceptors (Lipinski definition) is 8. The van der Waals surface area contributed by atoms with Gasteiger partial charge in [0.05, 0.1) is 46.2 Å². The van der Waals surface area contributed by atoms with Crippen molar-refractivity contribution in [2.24, 2.45) is 0 Å². The van der Waals surface area contributed by atoms with Gasteiger partial charge >= 0.3 is 5.63 Å². The first-order valence-electron chi connectivity index (χ1n) is 14.4. The van der Waals surface area contributed by atoms with Gasteiger partial charge in [-0.3, -0.25) is 0 Å². The molecule has 3 aromatic heterocycles. The van der Waals surface area contributed by atoms with E-state index in [-0.39, 0.29) is 12.2 Å². The van der Waals surface area contributed by atoms with Crippen LogP contribution in [0, 0.1) is 0 Å². The van der Waals surface area contributed by atoms with E-state index >= 15 is 0 Å². The van der Waals surface area contributed by atoms with E-state index in [0.29, 0.717) is 56.4 Å². The van der Waals surface area contributed by atoms with Gasteiger partial charge in [-0.1, -0.05) is 6.07 Å². The zero-order chi connectivity index (χ0) is 31.3. The van der Waals surface area contributed by atoms with Crippen LogP contribution in [0.3, 0.4) is 0 Å². The SMILES string of the molecule is COc1ccc(-c2c3c4cc(OC)c(OC(C)C)cc4oc(=O)c3n3ccc4cc(OC(C)C)c(OC)cc4c23)cc1OC. The molecule has 9 nitrogen and oxygen atoms in total. The molecule has 0 atom stereocenters. The highest BCUT2D eigenvalue weighted by molar-refractivity contribution is 6.22. The van der Waals surface area contributed by atoms with Gasteiger partial charge in [-0.25, -0.2) is 4.79 Å². The van der Waals surface area contributed by atoms with E-state index in [1.165, 1.54) is 0 Å². The first-order valence-corrected chi connectivity index (χ1v) is 14.4. The fourth-order valence-electron chi connectivity index (χ4n) is 5.79. The predicted octanol–water partition coefficient (Wildman–Crippen LogP) is 7.63. The summed E-state index contributed by atoms with van der Waals surface area (Å²) in [7, 11) is 6.40. The van der Waals surface area contributed by atoms with Crippen molar-refractivity contribution in [1.82, 2.24) is 4.40 Å². The highest BCUT2D eigenvalue weighted by atomic mass is 16.5. The minimum atomic E-state index is -0.485. The number of ether oxygens (including phenoxy) is 6. The van der Waals surface area contributed by atoms with Crippen LogP contribution in [-0.2, 0) is 0 Å². The van der Waals surface area contributed by atoms with Crippen molar-refractivity contribution in [3.63, 3.8) is 0 Å². The molecule has 3 heterocycles. The molecule has 9 heteroatoms. The average molecular weight is 598 g/mol. The summed E-state index contributed by atoms with van der Waals surface area (Å²) in [4.78, 5) is 13.8. The van der Waals surface area contributed by atoms with E-state index in [1.807, 2.05) is 80.8 Å². The molecule has 228 valence electrons. The van der Waals surface area contributed by atoms with Crippen LogP contribution in [0.1, 0.15) is 27.7 Å². The number of rotatable bonds is 9. The van der Waals surface area contributed by atoms with Crippen LogP contribution in [0.15, 0.2) is 63.9 Å². The molecule has 3 aromatic carbocycles. The lowest BCUT2D eigenvalue weighted by Gasteiger charge is -2.16. The minimum absolute atomic E-state index is 0.0427. The van der Waals surface area contributed by atoms with Crippen molar-refractivity contribution in [3.05, 3.63) is 65.1 Å². The smallest absolute Gasteiger partial charge is 0.361 e. The Labute approximate surface area is 254 Å². The van der Waals surface area contributed by atoms with Crippen molar-refractivity contribution in [2.75, 3.05) is 28.4 Å². The second kappa shape index (κ2) is 11.2. The van der Waals surface area contributed by atoms with Crippen molar-refractivity contribution < 1.29 is 32.8 Å². The Morgan fingerprint density at radius 1 is 0.636 bits per heavy atom. The van der Waals surface area contributed by atoms with E-state index in [2.05, 4.69) is 0 Å². The number of hydrogen-bond donors (Lipinski definition) is 0. The zero-order valence-electron chi connectivity index (χ0n) is 26.1. The van der Waals surface area contributed by atoms with Crippen molar-refractivity contribution in [3.8, 4) is 45.6 Å². The number of nitrogens with zero attached hydrogens (tertiary/aromatic N) is 1. The van der Waals surface area contributed by atoms with E-state index in [9.17, 15) is 4.79 Å². The summed E-state index contributed by atoms with van der Waals surface area (Å²) in [6.07, 6.45) is 1.73. The maximum absolute atomic E-state index is 13.8. The number of pyridine rings is 1. The summed E-state index contributed by atoms with van der Waals surface area (Å²) in [5.74, 6) is 3.37. The lowest BCUT2D eigenvalue weighted by molar-refractivity contribution is 0.230. The van der Waals surface area contributed by atoms with Crippen LogP contribution >= 0.6 is 0 Å². The molecule has 0 radical (unpaired) electrons. The maximum atomic E-state index is 13.8. The molecule has 0 aliphatic carbocycles. The van der Waals surface area contributed by atoms with Crippen LogP contribution < -0.4 is 34.0 Å². The van der Waals surface area contributed by atoms with E-state index in [4.69, 9.17) is 32.8 Å². The molecule has 0 saturated carbocycles. The molecular weight excluding hydrogens is 562 g/mol. The molecule has 0 spiro atoms. The van der Waals surface area contributed by atoms with Gasteiger partial charge in [-0.05, 0) is 75.0 Å². The van der Waals surface area contributed by atoms with E-state index in [0.717, 1.165) is 27.4 Å². The van der Waals surface area contributed by atoms with Gasteiger partial charge in [0.15, 0.2) is 34.5 Å². The van der Waals surface area contributed by atoms with Crippen LogP contribution in [0.2, 0.25) is 0 Å². The van der Waals surface area contributed by atoms with Gasteiger partial charge in [-0.2, -0.15) is 0 Å². The topological polar surface area (TPSA) is 90.0 Å². The van der Waals surface area contributed by atoms with Gasteiger partial charge in [0.1, 0.15) is 11.1 Å². The summed E-state index contributed by atoms with van der Waals surface area (Å²) in [6.45, 7) is 7.79. The molecule has 0 fully saturated rings. The quantitative estimate of drug-likeness (QED) is 0.157.